The molecule has 8 heteroatoms. The van der Waals surface area contributed by atoms with E-state index >= 15 is 0 Å². The third kappa shape index (κ3) is 4.45. The lowest BCUT2D eigenvalue weighted by Gasteiger charge is -2.32. The number of hydrogen-bond donors (Lipinski definition) is 1. The highest BCUT2D eigenvalue weighted by molar-refractivity contribution is 5.92. The average Bonchev–Trinajstić information content (AvgIpc) is 3.45. The van der Waals surface area contributed by atoms with E-state index in [4.69, 9.17) is 13.9 Å². The Morgan fingerprint density at radius 3 is 2.82 bits per heavy atom. The van der Waals surface area contributed by atoms with E-state index in [1.54, 1.807) is 13.3 Å². The van der Waals surface area contributed by atoms with Gasteiger partial charge < -0.3 is 19.2 Å². The van der Waals surface area contributed by atoms with Crippen molar-refractivity contribution >= 4 is 11.7 Å². The van der Waals surface area contributed by atoms with Crippen molar-refractivity contribution in [3.05, 3.63) is 35.9 Å². The molecule has 4 heterocycles. The van der Waals surface area contributed by atoms with Gasteiger partial charge in [-0.3, -0.25) is 9.69 Å². The van der Waals surface area contributed by atoms with Gasteiger partial charge in [-0.25, -0.2) is 4.68 Å². The van der Waals surface area contributed by atoms with Crippen LogP contribution in [0.2, 0.25) is 0 Å². The standard InChI is InChI=1S/C20H28N4O4/c1-26-14-18-3-2-17(28-18)12-23-9-5-16(6-10-23)24-19(4-8-21-24)22-20(25)15-7-11-27-13-15/h2-4,8,15-16H,5-7,9-14H2,1H3,(H,22,25)/t15-/m1/s1. The second-order valence-electron chi connectivity index (χ2n) is 7.52. The van der Waals surface area contributed by atoms with Crippen LogP contribution in [-0.4, -0.2) is 54.0 Å². The molecule has 0 radical (unpaired) electrons. The van der Waals surface area contributed by atoms with Gasteiger partial charge in [0.05, 0.1) is 31.3 Å². The zero-order valence-electron chi connectivity index (χ0n) is 16.3. The maximum absolute atomic E-state index is 12.4. The van der Waals surface area contributed by atoms with Crippen molar-refractivity contribution in [2.45, 2.75) is 38.5 Å². The van der Waals surface area contributed by atoms with Crippen molar-refractivity contribution in [1.82, 2.24) is 14.7 Å². The van der Waals surface area contributed by atoms with Gasteiger partial charge in [-0.05, 0) is 31.4 Å². The molecule has 28 heavy (non-hydrogen) atoms. The Labute approximate surface area is 164 Å². The number of furan rings is 1. The van der Waals surface area contributed by atoms with Crippen molar-refractivity contribution < 1.29 is 18.7 Å². The van der Waals surface area contributed by atoms with Gasteiger partial charge in [0.25, 0.3) is 0 Å². The van der Waals surface area contributed by atoms with Crippen molar-refractivity contribution in [3.63, 3.8) is 0 Å². The van der Waals surface area contributed by atoms with Crippen LogP contribution in [0.15, 0.2) is 28.8 Å². The van der Waals surface area contributed by atoms with Crippen LogP contribution >= 0.6 is 0 Å². The molecule has 1 N–H and O–H groups in total. The summed E-state index contributed by atoms with van der Waals surface area (Å²) >= 11 is 0. The fourth-order valence-electron chi connectivity index (χ4n) is 3.94. The van der Waals surface area contributed by atoms with Crippen molar-refractivity contribution in [3.8, 4) is 0 Å². The van der Waals surface area contributed by atoms with Gasteiger partial charge >= 0.3 is 0 Å². The summed E-state index contributed by atoms with van der Waals surface area (Å²) in [5.74, 6) is 2.58. The number of likely N-dealkylation sites (tertiary alicyclic amines) is 1. The van der Waals surface area contributed by atoms with Gasteiger partial charge in [-0.1, -0.05) is 0 Å². The Balaban J connectivity index is 1.30. The number of aromatic nitrogens is 2. The Morgan fingerprint density at radius 1 is 1.25 bits per heavy atom. The van der Waals surface area contributed by atoms with E-state index in [-0.39, 0.29) is 11.8 Å². The molecule has 4 rings (SSSR count). The number of ether oxygens (including phenoxy) is 2. The van der Waals surface area contributed by atoms with Crippen LogP contribution in [0.4, 0.5) is 5.82 Å². The van der Waals surface area contributed by atoms with Crippen molar-refractivity contribution in [2.24, 2.45) is 5.92 Å². The van der Waals surface area contributed by atoms with E-state index in [0.717, 1.165) is 56.2 Å². The maximum Gasteiger partial charge on any atom is 0.231 e. The van der Waals surface area contributed by atoms with Crippen molar-refractivity contribution in [2.75, 3.05) is 38.7 Å². The minimum Gasteiger partial charge on any atom is -0.462 e. The normalized spacial score (nSPS) is 21.2. The summed E-state index contributed by atoms with van der Waals surface area (Å²) < 4.78 is 18.2. The predicted molar refractivity (Wildman–Crippen MR) is 103 cm³/mol. The largest absolute Gasteiger partial charge is 0.462 e. The average molecular weight is 388 g/mol. The van der Waals surface area contributed by atoms with Crippen LogP contribution in [-0.2, 0) is 27.4 Å². The summed E-state index contributed by atoms with van der Waals surface area (Å²) in [7, 11) is 1.67. The lowest BCUT2D eigenvalue weighted by Crippen LogP contribution is -2.35. The summed E-state index contributed by atoms with van der Waals surface area (Å²) in [5.41, 5.74) is 0. The molecular formula is C20H28N4O4. The number of nitrogens with zero attached hydrogens (tertiary/aromatic N) is 3. The third-order valence-corrected chi connectivity index (χ3v) is 5.51. The number of hydrogen-bond acceptors (Lipinski definition) is 6. The lowest BCUT2D eigenvalue weighted by molar-refractivity contribution is -0.119. The van der Waals surface area contributed by atoms with Crippen LogP contribution in [0.1, 0.15) is 36.8 Å². The zero-order valence-corrected chi connectivity index (χ0v) is 16.3. The second-order valence-corrected chi connectivity index (χ2v) is 7.52. The van der Waals surface area contributed by atoms with Gasteiger partial charge in [0, 0.05) is 32.9 Å². The molecule has 1 amide bonds. The van der Waals surface area contributed by atoms with Crippen molar-refractivity contribution in [1.29, 1.82) is 0 Å². The molecule has 2 saturated heterocycles. The Hall–Kier alpha value is -2.16. The summed E-state index contributed by atoms with van der Waals surface area (Å²) in [4.78, 5) is 14.8. The Kier molecular flexibility index (Phi) is 6.09. The summed E-state index contributed by atoms with van der Waals surface area (Å²) in [6.45, 7) is 4.42. The summed E-state index contributed by atoms with van der Waals surface area (Å²) in [6, 6.07) is 6.16. The quantitative estimate of drug-likeness (QED) is 0.785. The Bertz CT molecular complexity index is 773. The highest BCUT2D eigenvalue weighted by Gasteiger charge is 2.27. The van der Waals surface area contributed by atoms with E-state index in [0.29, 0.717) is 25.9 Å². The minimum atomic E-state index is -0.0542. The van der Waals surface area contributed by atoms with Crippen LogP contribution in [0.5, 0.6) is 0 Å². The number of methoxy groups -OCH3 is 1. The Morgan fingerprint density at radius 2 is 2.07 bits per heavy atom. The van der Waals surface area contributed by atoms with Gasteiger partial charge in [-0.15, -0.1) is 0 Å². The highest BCUT2D eigenvalue weighted by Crippen LogP contribution is 2.27. The molecule has 2 fully saturated rings. The zero-order chi connectivity index (χ0) is 19.3. The van der Waals surface area contributed by atoms with Crippen LogP contribution in [0.3, 0.4) is 0 Å². The van der Waals surface area contributed by atoms with E-state index in [2.05, 4.69) is 15.3 Å². The molecule has 2 aliphatic rings. The molecule has 0 unspecified atom stereocenters. The van der Waals surface area contributed by atoms with E-state index in [9.17, 15) is 4.79 Å². The fraction of sp³-hybridized carbons (Fsp3) is 0.600. The predicted octanol–water partition coefficient (Wildman–Crippen LogP) is 2.43. The number of carbonyl (C=O) groups excluding carboxylic acids is 1. The number of piperidine rings is 1. The molecule has 0 bridgehead atoms. The van der Waals surface area contributed by atoms with Crippen LogP contribution in [0.25, 0.3) is 0 Å². The molecule has 2 aromatic rings. The summed E-state index contributed by atoms with van der Waals surface area (Å²) in [5, 5.41) is 7.51. The first-order chi connectivity index (χ1) is 13.7. The molecular weight excluding hydrogens is 360 g/mol. The molecule has 0 aliphatic carbocycles. The van der Waals surface area contributed by atoms with Gasteiger partial charge in [0.15, 0.2) is 0 Å². The lowest BCUT2D eigenvalue weighted by atomic mass is 10.0. The van der Waals surface area contributed by atoms with Gasteiger partial charge in [0.1, 0.15) is 23.9 Å². The first kappa shape index (κ1) is 19.2. The van der Waals surface area contributed by atoms with E-state index < -0.39 is 0 Å². The molecule has 0 aromatic carbocycles. The smallest absolute Gasteiger partial charge is 0.231 e. The van der Waals surface area contributed by atoms with Gasteiger partial charge in [-0.2, -0.15) is 5.10 Å². The van der Waals surface area contributed by atoms with E-state index in [1.807, 2.05) is 22.9 Å². The third-order valence-electron chi connectivity index (χ3n) is 5.51. The number of carbonyl (C=O) groups is 1. The van der Waals surface area contributed by atoms with Gasteiger partial charge in [0.2, 0.25) is 5.91 Å². The summed E-state index contributed by atoms with van der Waals surface area (Å²) in [6.07, 6.45) is 4.52. The molecule has 2 aliphatic heterocycles. The number of anilines is 1. The second kappa shape index (κ2) is 8.89. The molecule has 2 aromatic heterocycles. The molecule has 0 saturated carbocycles. The number of amides is 1. The number of nitrogens with one attached hydrogen (secondary N) is 1. The van der Waals surface area contributed by atoms with Crippen LogP contribution < -0.4 is 5.32 Å². The molecule has 1 atom stereocenters. The first-order valence-corrected chi connectivity index (χ1v) is 9.94. The monoisotopic (exact) mass is 388 g/mol. The molecule has 8 nitrogen and oxygen atoms in total. The SMILES string of the molecule is COCc1ccc(CN2CCC(n3nccc3NC(=O)[C@@H]3CCOC3)CC2)o1. The molecule has 152 valence electrons. The highest BCUT2D eigenvalue weighted by atomic mass is 16.5. The first-order valence-electron chi connectivity index (χ1n) is 9.94. The topological polar surface area (TPSA) is 81.8 Å². The molecule has 0 spiro atoms. The van der Waals surface area contributed by atoms with E-state index in [1.165, 1.54) is 0 Å². The van der Waals surface area contributed by atoms with Crippen LogP contribution in [0, 0.1) is 5.92 Å². The maximum atomic E-state index is 12.4. The fourth-order valence-corrected chi connectivity index (χ4v) is 3.94. The number of rotatable bonds is 7. The minimum absolute atomic E-state index is 0.0290.